The fourth-order valence-electron chi connectivity index (χ4n) is 13.1. The molecule has 94 heavy (non-hydrogen) atoms. The number of fused-ring (bicyclic) bond motifs is 5. The molecule has 3 aliphatic carbocycles. The first-order chi connectivity index (χ1) is 44.1. The number of amides is 3. The molecule has 4 unspecified atom stereocenters. The van der Waals surface area contributed by atoms with E-state index in [1.165, 1.54) is 83.1 Å². The van der Waals surface area contributed by atoms with Crippen LogP contribution >= 0.6 is 0 Å². The Kier molecular flexibility index (Phi) is 22.0. The highest BCUT2D eigenvalue weighted by atomic mass is 16.7. The second kappa shape index (κ2) is 28.5. The number of aliphatic hydroxyl groups is 11. The largest absolute Gasteiger partial charge is 0.456 e. The summed E-state index contributed by atoms with van der Waals surface area (Å²) in [7, 11) is 0. The number of alkyl carbamates (subject to hydrolysis) is 1. The number of nitrogens with zero attached hydrogens (tertiary/aromatic N) is 1. The van der Waals surface area contributed by atoms with E-state index in [1.54, 1.807) is 57.2 Å². The van der Waals surface area contributed by atoms with Crippen molar-refractivity contribution in [3.63, 3.8) is 0 Å². The molecule has 514 valence electrons. The predicted octanol–water partition coefficient (Wildman–Crippen LogP) is -0.384. The first kappa shape index (κ1) is 72.4. The standard InChI is InChI=1S/C64H82N4O26/c1-29-37(88-56(83)44(75)42(33-16-12-10-13-17-33)66-59(85)94-60(4,5)6)25-64(86)53(92-55(82)34-18-14-11-15-19-34)51-62(9,39(73)24-40-63(51,28-87-40)93-31(3)71)52(80)50(41(29)61(64,7)8)91-58(84)65-35-22-20-32(21-23-35)30(2)67-68-54(81)47(78)46(77)49(36(72)26-69)90-57-48(79)45(76)43(74)38(27-70)89-57/h10-23,36-40,42-51,53,57,69-70,72-79,86H,24-28H2,1-9H3,(H,65,84)(H,66,85)(H,68,81)/b67-30+/t36-,37+,38-,39+,40-,42+,43+,44-,45?,46+,47-,48-,49-,50-,51?,53+,57+,62-,63?,64?/m1/s1. The molecule has 5 aliphatic rings. The van der Waals surface area contributed by atoms with E-state index in [9.17, 15) is 84.9 Å². The third-order valence-electron chi connectivity index (χ3n) is 18.3. The number of hydrogen-bond acceptors (Lipinski definition) is 27. The smallest absolute Gasteiger partial charge is 0.412 e. The van der Waals surface area contributed by atoms with Crippen molar-refractivity contribution in [1.82, 2.24) is 10.7 Å². The summed E-state index contributed by atoms with van der Waals surface area (Å²) in [5, 5.41) is 130. The zero-order valence-electron chi connectivity index (χ0n) is 52.9. The van der Waals surface area contributed by atoms with Gasteiger partial charge in [0.25, 0.3) is 5.91 Å². The van der Waals surface area contributed by atoms with Crippen molar-refractivity contribution in [3.05, 3.63) is 113 Å². The summed E-state index contributed by atoms with van der Waals surface area (Å²) in [6, 6.07) is 19.4. The molecule has 3 aromatic carbocycles. The molecular formula is C64H82N4O26. The van der Waals surface area contributed by atoms with Crippen molar-refractivity contribution < 1.29 is 128 Å². The van der Waals surface area contributed by atoms with Crippen LogP contribution in [0.25, 0.3) is 0 Å². The van der Waals surface area contributed by atoms with Gasteiger partial charge in [-0.05, 0) is 88.1 Å². The van der Waals surface area contributed by atoms with E-state index in [1.807, 2.05) is 5.43 Å². The topological polar surface area (TPSA) is 464 Å². The van der Waals surface area contributed by atoms with Crippen LogP contribution in [0.1, 0.15) is 103 Å². The van der Waals surface area contributed by atoms with Gasteiger partial charge in [0.1, 0.15) is 72.2 Å². The Morgan fingerprint density at radius 2 is 1.41 bits per heavy atom. The SMILES string of the molecule is CC(=O)OC12CO[C@@H]1C[C@H](O)[C@@]1(C)C(=O)[C@H](OC(=O)Nc3ccc(/C(C)=N/NC(=O)[C@H](O)[C@H](O)[C@H](O[C@@H]4O[C@H](CO)[C@H](O)C(O)[C@H]4O)[C@H](O)CO)cc3)C3=C(C)[C@@H](OC(=O)[C@H](O)[C@@H](NC(=O)OC(C)(C)C)c4ccccc4)CC(O)([C@@H](OC(=O)c4ccccc4)C21)C3(C)C. The first-order valence-corrected chi connectivity index (χ1v) is 30.3. The van der Waals surface area contributed by atoms with Gasteiger partial charge in [0.05, 0.1) is 54.6 Å². The van der Waals surface area contributed by atoms with Gasteiger partial charge < -0.3 is 99.4 Å². The Labute approximate surface area is 539 Å². The minimum Gasteiger partial charge on any atom is -0.456 e. The monoisotopic (exact) mass is 1320 g/mol. The number of ketones is 1. The lowest BCUT2D eigenvalue weighted by molar-refractivity contribution is -0.345. The van der Waals surface area contributed by atoms with E-state index < -0.39 is 199 Å². The molecular weight excluding hydrogens is 1240 g/mol. The highest BCUT2D eigenvalue weighted by Gasteiger charge is 2.78. The molecule has 0 aromatic heterocycles. The van der Waals surface area contributed by atoms with Gasteiger partial charge >= 0.3 is 30.1 Å². The van der Waals surface area contributed by atoms with E-state index in [4.69, 9.17) is 37.9 Å². The fourth-order valence-corrected chi connectivity index (χ4v) is 13.1. The highest BCUT2D eigenvalue weighted by Crippen LogP contribution is 2.64. The molecule has 3 amide bonds. The number of esters is 3. The summed E-state index contributed by atoms with van der Waals surface area (Å²) in [6.07, 6.45) is -32.6. The lowest BCUT2D eigenvalue weighted by atomic mass is 9.44. The lowest BCUT2D eigenvalue weighted by Gasteiger charge is -2.67. The molecule has 4 fully saturated rings. The maximum Gasteiger partial charge on any atom is 0.412 e. The molecule has 2 heterocycles. The maximum atomic E-state index is 16.3. The van der Waals surface area contributed by atoms with Crippen LogP contribution in [-0.2, 0) is 57.1 Å². The Morgan fingerprint density at radius 1 is 0.787 bits per heavy atom. The second-order valence-corrected chi connectivity index (χ2v) is 25.8. The summed E-state index contributed by atoms with van der Waals surface area (Å²) in [5.41, 5.74) is -7.42. The van der Waals surface area contributed by atoms with E-state index in [-0.39, 0.29) is 45.7 Å². The zero-order valence-corrected chi connectivity index (χ0v) is 52.9. The Bertz CT molecular complexity index is 3330. The van der Waals surface area contributed by atoms with Gasteiger partial charge in [-0.25, -0.2) is 24.6 Å². The second-order valence-electron chi connectivity index (χ2n) is 25.8. The van der Waals surface area contributed by atoms with Crippen molar-refractivity contribution in [1.29, 1.82) is 0 Å². The average molecular weight is 1320 g/mol. The Morgan fingerprint density at radius 3 is 1.99 bits per heavy atom. The molecule has 2 saturated heterocycles. The van der Waals surface area contributed by atoms with Gasteiger partial charge in [-0.2, -0.15) is 5.10 Å². The van der Waals surface area contributed by atoms with E-state index in [2.05, 4.69) is 15.7 Å². The van der Waals surface area contributed by atoms with Gasteiger partial charge in [0.2, 0.25) is 0 Å². The summed E-state index contributed by atoms with van der Waals surface area (Å²) in [5.74, 6) is -7.48. The first-order valence-electron chi connectivity index (χ1n) is 30.3. The number of hydrazone groups is 1. The average Bonchev–Trinajstić information content (AvgIpc) is 0.671. The van der Waals surface area contributed by atoms with Gasteiger partial charge in [-0.15, -0.1) is 0 Å². The third-order valence-corrected chi connectivity index (χ3v) is 18.3. The van der Waals surface area contributed by atoms with Crippen LogP contribution in [-0.4, -0.2) is 232 Å². The van der Waals surface area contributed by atoms with E-state index in [0.29, 0.717) is 0 Å². The van der Waals surface area contributed by atoms with Crippen LogP contribution in [0, 0.1) is 16.7 Å². The van der Waals surface area contributed by atoms with E-state index >= 15 is 4.79 Å². The molecule has 3 aromatic rings. The minimum absolute atomic E-state index is 0.00464. The molecule has 30 heteroatoms. The quantitative estimate of drug-likeness (QED) is 0.0225. The van der Waals surface area contributed by atoms with Crippen molar-refractivity contribution in [3.8, 4) is 0 Å². The number of Topliss-reactive ketones (excluding diaryl/α,β-unsaturated/α-hetero) is 1. The summed E-state index contributed by atoms with van der Waals surface area (Å²) >= 11 is 0. The number of carbonyl (C=O) groups is 7. The van der Waals surface area contributed by atoms with Crippen molar-refractivity contribution in [2.75, 3.05) is 25.1 Å². The molecule has 0 radical (unpaired) electrons. The predicted molar refractivity (Wildman–Crippen MR) is 322 cm³/mol. The van der Waals surface area contributed by atoms with Crippen LogP contribution in [0.2, 0.25) is 0 Å². The van der Waals surface area contributed by atoms with Crippen LogP contribution < -0.4 is 16.1 Å². The summed E-state index contributed by atoms with van der Waals surface area (Å²) in [6.45, 7) is 10.5. The summed E-state index contributed by atoms with van der Waals surface area (Å²) in [4.78, 5) is 100.0. The van der Waals surface area contributed by atoms with Crippen molar-refractivity contribution >= 4 is 53.2 Å². The number of anilines is 1. The van der Waals surface area contributed by atoms with Crippen LogP contribution in [0.4, 0.5) is 15.3 Å². The van der Waals surface area contributed by atoms with Crippen LogP contribution in [0.5, 0.6) is 0 Å². The molecule has 2 saturated carbocycles. The number of rotatable bonds is 20. The minimum atomic E-state index is -2.60. The molecule has 14 N–H and O–H groups in total. The van der Waals surface area contributed by atoms with Crippen molar-refractivity contribution in [2.24, 2.45) is 21.8 Å². The number of hydrogen-bond donors (Lipinski definition) is 14. The van der Waals surface area contributed by atoms with Crippen molar-refractivity contribution in [2.45, 2.75) is 190 Å². The zero-order chi connectivity index (χ0) is 69.3. The molecule has 2 bridgehead atoms. The lowest BCUT2D eigenvalue weighted by Crippen LogP contribution is -2.82. The highest BCUT2D eigenvalue weighted by molar-refractivity contribution is 6.00. The Balaban J connectivity index is 1.12. The molecule has 8 rings (SSSR count). The molecule has 0 spiro atoms. The van der Waals surface area contributed by atoms with Gasteiger partial charge in [0, 0.05) is 30.9 Å². The number of aliphatic hydroxyl groups excluding tert-OH is 10. The number of ether oxygens (including phenoxy) is 8. The number of carbonyl (C=O) groups excluding carboxylic acids is 7. The van der Waals surface area contributed by atoms with E-state index in [0.717, 1.165) is 6.92 Å². The molecule has 2 aliphatic heterocycles. The normalized spacial score (nSPS) is 31.7. The van der Waals surface area contributed by atoms with Gasteiger partial charge in [0.15, 0.2) is 36.0 Å². The maximum absolute atomic E-state index is 16.3. The van der Waals surface area contributed by atoms with Crippen LogP contribution in [0.3, 0.4) is 0 Å². The molecule has 30 nitrogen and oxygen atoms in total. The Hall–Kier alpha value is -7.40. The van der Waals surface area contributed by atoms with Crippen LogP contribution in [0.15, 0.2) is 101 Å². The summed E-state index contributed by atoms with van der Waals surface area (Å²) < 4.78 is 47.0. The van der Waals surface area contributed by atoms with Gasteiger partial charge in [-0.3, -0.25) is 19.7 Å². The molecule has 20 atom stereocenters. The van der Waals surface area contributed by atoms with Gasteiger partial charge in [-0.1, -0.05) is 74.5 Å². The number of benzene rings is 3. The number of nitrogens with one attached hydrogen (secondary N) is 3. The third kappa shape index (κ3) is 14.3. The fraction of sp³-hybridized carbons (Fsp3) is 0.562.